The van der Waals surface area contributed by atoms with Crippen LogP contribution < -0.4 is 19.7 Å². The van der Waals surface area contributed by atoms with E-state index in [-0.39, 0.29) is 48.0 Å². The first-order chi connectivity index (χ1) is 23.8. The number of benzene rings is 2. The van der Waals surface area contributed by atoms with Crippen LogP contribution in [0.25, 0.3) is 0 Å². The van der Waals surface area contributed by atoms with Gasteiger partial charge in [0.25, 0.3) is 5.91 Å². The molecule has 9 nitrogen and oxygen atoms in total. The van der Waals surface area contributed by atoms with Gasteiger partial charge in [0.1, 0.15) is 21.2 Å². The first kappa shape index (κ1) is 35.1. The van der Waals surface area contributed by atoms with E-state index in [1.807, 2.05) is 29.6 Å². The SMILES string of the molecule is CO[C@H]1/C=C\CCCS(=O)(NC(=O)NC2(C(F)(F)F)CC2)=NC(=O)c2ccc3c(c2)N(C[C@@H]2CC[C@H]21)C[C@@]1(CCCc2cc(Cl)ccc21)CO3. The average molecular weight is 735 g/mol. The number of nitrogens with one attached hydrogen (secondary N) is 2. The van der Waals surface area contributed by atoms with Crippen molar-refractivity contribution in [2.24, 2.45) is 16.2 Å². The molecule has 2 heterocycles. The van der Waals surface area contributed by atoms with Crippen molar-refractivity contribution in [1.82, 2.24) is 10.0 Å². The molecule has 270 valence electrons. The third kappa shape index (κ3) is 6.85. The van der Waals surface area contributed by atoms with Gasteiger partial charge in [0, 0.05) is 36.2 Å². The Kier molecular flexibility index (Phi) is 9.38. The zero-order chi connectivity index (χ0) is 35.3. The van der Waals surface area contributed by atoms with Crippen LogP contribution in [0.3, 0.4) is 0 Å². The van der Waals surface area contributed by atoms with Gasteiger partial charge < -0.3 is 19.7 Å². The maximum Gasteiger partial charge on any atom is 0.411 e. The van der Waals surface area contributed by atoms with Crippen molar-refractivity contribution in [1.29, 1.82) is 0 Å². The number of methoxy groups -OCH3 is 1. The van der Waals surface area contributed by atoms with Crippen LogP contribution in [0.4, 0.5) is 23.7 Å². The standard InChI is InChI=1S/C36H42ClF3N4O5S/c1-48-30-7-3-2-4-17-50(47,43-33(46)41-35(15-16-35)36(38,39)40)42-32(45)24-9-13-31-29(19-24)44(20-25-8-11-27(25)30)21-34(22-49-31)14-5-6-23-18-26(37)10-12-28(23)34/h3,7,9-10,12-13,18-19,25,27,30H,2,4-6,8,11,14-17,20-22H2,1H3,(H2,41,42,43,45,46,47)/b7-3-/t25-,27+,30-,34-,50?/m0/s1. The predicted octanol–water partition coefficient (Wildman–Crippen LogP) is 7.12. The van der Waals surface area contributed by atoms with E-state index in [0.29, 0.717) is 48.5 Å². The van der Waals surface area contributed by atoms with E-state index in [4.69, 9.17) is 21.1 Å². The summed E-state index contributed by atoms with van der Waals surface area (Å²) in [4.78, 5) is 28.8. The Hall–Kier alpha value is -3.29. The molecule has 3 aliphatic carbocycles. The van der Waals surface area contributed by atoms with Crippen molar-refractivity contribution in [3.8, 4) is 5.75 Å². The lowest BCUT2D eigenvalue weighted by atomic mass is 9.68. The van der Waals surface area contributed by atoms with Crippen molar-refractivity contribution in [3.63, 3.8) is 0 Å². The largest absolute Gasteiger partial charge is 0.490 e. The molecular formula is C36H42ClF3N4O5S. The summed E-state index contributed by atoms with van der Waals surface area (Å²) in [6.45, 7) is 1.78. The average Bonchev–Trinajstić information content (AvgIpc) is 3.86. The number of hydrogen-bond acceptors (Lipinski definition) is 6. The zero-order valence-electron chi connectivity index (χ0n) is 27.9. The Balaban J connectivity index is 1.26. The van der Waals surface area contributed by atoms with E-state index in [0.717, 1.165) is 32.1 Å². The highest BCUT2D eigenvalue weighted by Crippen LogP contribution is 2.49. The molecule has 3 amide bonds. The van der Waals surface area contributed by atoms with E-state index in [1.54, 1.807) is 25.3 Å². The number of halogens is 4. The third-order valence-corrected chi connectivity index (χ3v) is 13.2. The molecule has 0 aromatic heterocycles. The number of aryl methyl sites for hydroxylation is 1. The summed E-state index contributed by atoms with van der Waals surface area (Å²) in [7, 11) is -2.12. The van der Waals surface area contributed by atoms with Crippen LogP contribution in [0.2, 0.25) is 5.02 Å². The van der Waals surface area contributed by atoms with Crippen LogP contribution in [0.5, 0.6) is 5.75 Å². The fourth-order valence-electron chi connectivity index (χ4n) is 8.11. The molecule has 2 aliphatic heterocycles. The minimum Gasteiger partial charge on any atom is -0.490 e. The molecule has 5 aliphatic rings. The number of hydrogen-bond donors (Lipinski definition) is 2. The summed E-state index contributed by atoms with van der Waals surface area (Å²) < 4.78 is 73.4. The van der Waals surface area contributed by atoms with Crippen molar-refractivity contribution < 1.29 is 36.4 Å². The van der Waals surface area contributed by atoms with Gasteiger partial charge in [-0.3, -0.25) is 9.52 Å². The first-order valence-electron chi connectivity index (χ1n) is 17.3. The maximum atomic E-state index is 14.1. The molecule has 0 saturated heterocycles. The van der Waals surface area contributed by atoms with Crippen LogP contribution in [-0.2, 0) is 26.5 Å². The molecule has 2 bridgehead atoms. The van der Waals surface area contributed by atoms with Gasteiger partial charge in [0.05, 0.1) is 24.2 Å². The van der Waals surface area contributed by atoms with Crippen LogP contribution in [0.1, 0.15) is 72.9 Å². The van der Waals surface area contributed by atoms with Gasteiger partial charge >= 0.3 is 12.2 Å². The Bertz CT molecular complexity index is 1820. The summed E-state index contributed by atoms with van der Waals surface area (Å²) in [5, 5.41) is 2.63. The lowest BCUT2D eigenvalue weighted by Crippen LogP contribution is -2.52. The fraction of sp³-hybridized carbons (Fsp3) is 0.556. The summed E-state index contributed by atoms with van der Waals surface area (Å²) in [5.74, 6) is 0.134. The van der Waals surface area contributed by atoms with Gasteiger partial charge in [0.15, 0.2) is 0 Å². The number of ether oxygens (including phenoxy) is 2. The number of nitrogens with zero attached hydrogens (tertiary/aromatic N) is 2. The molecule has 50 heavy (non-hydrogen) atoms. The molecule has 14 heteroatoms. The number of allylic oxidation sites excluding steroid dienone is 1. The number of amides is 3. The summed E-state index contributed by atoms with van der Waals surface area (Å²) in [6.07, 6.45) is 4.15. The second-order valence-corrected chi connectivity index (χ2v) is 16.9. The number of urea groups is 1. The molecule has 2 aromatic rings. The lowest BCUT2D eigenvalue weighted by Gasteiger charge is -2.46. The van der Waals surface area contributed by atoms with Crippen molar-refractivity contribution >= 4 is 39.1 Å². The zero-order valence-corrected chi connectivity index (χ0v) is 29.5. The smallest absolute Gasteiger partial charge is 0.411 e. The van der Waals surface area contributed by atoms with Crippen LogP contribution >= 0.6 is 11.6 Å². The van der Waals surface area contributed by atoms with Gasteiger partial charge in [-0.05, 0) is 111 Å². The van der Waals surface area contributed by atoms with Crippen molar-refractivity contribution in [2.75, 3.05) is 37.5 Å². The molecular weight excluding hydrogens is 693 g/mol. The number of carbonyl (C=O) groups is 2. The molecule has 1 unspecified atom stereocenters. The Morgan fingerprint density at radius 2 is 1.96 bits per heavy atom. The Morgan fingerprint density at radius 3 is 2.68 bits per heavy atom. The van der Waals surface area contributed by atoms with Crippen LogP contribution in [-0.4, -0.2) is 66.5 Å². The highest BCUT2D eigenvalue weighted by Gasteiger charge is 2.64. The lowest BCUT2D eigenvalue weighted by molar-refractivity contribution is -0.162. The second kappa shape index (κ2) is 13.4. The third-order valence-electron chi connectivity index (χ3n) is 11.2. The minimum atomic E-state index is -4.66. The molecule has 2 saturated carbocycles. The van der Waals surface area contributed by atoms with Crippen molar-refractivity contribution in [2.45, 2.75) is 81.0 Å². The molecule has 2 N–H and O–H groups in total. The van der Waals surface area contributed by atoms with Gasteiger partial charge in [-0.15, -0.1) is 4.36 Å². The fourth-order valence-corrected chi connectivity index (χ4v) is 9.81. The van der Waals surface area contributed by atoms with Gasteiger partial charge in [-0.25, -0.2) is 9.00 Å². The molecule has 2 fully saturated rings. The van der Waals surface area contributed by atoms with E-state index in [2.05, 4.69) is 20.1 Å². The highest BCUT2D eigenvalue weighted by molar-refractivity contribution is 7.92. The summed E-state index contributed by atoms with van der Waals surface area (Å²) in [5.41, 5.74) is 0.583. The number of carbonyl (C=O) groups excluding carboxylic acids is 2. The molecule has 2 aromatic carbocycles. The Morgan fingerprint density at radius 1 is 1.14 bits per heavy atom. The van der Waals surface area contributed by atoms with E-state index >= 15 is 0 Å². The van der Waals surface area contributed by atoms with E-state index < -0.39 is 33.6 Å². The molecule has 1 spiro atoms. The van der Waals surface area contributed by atoms with E-state index in [9.17, 15) is 27.0 Å². The summed E-state index contributed by atoms with van der Waals surface area (Å²) >= 11 is 6.41. The number of fused-ring (bicyclic) bond motifs is 4. The second-order valence-electron chi connectivity index (χ2n) is 14.4. The predicted molar refractivity (Wildman–Crippen MR) is 185 cm³/mol. The Labute approximate surface area is 295 Å². The van der Waals surface area contributed by atoms with Crippen molar-refractivity contribution in [3.05, 3.63) is 70.3 Å². The number of rotatable bonds is 3. The highest BCUT2D eigenvalue weighted by atomic mass is 35.5. The minimum absolute atomic E-state index is 0.139. The van der Waals surface area contributed by atoms with Crippen LogP contribution in [0.15, 0.2) is 52.9 Å². The normalized spacial score (nSPS) is 31.1. The summed E-state index contributed by atoms with van der Waals surface area (Å²) in [6, 6.07) is 9.77. The number of anilines is 1. The van der Waals surface area contributed by atoms with E-state index in [1.165, 1.54) is 11.1 Å². The van der Waals surface area contributed by atoms with Gasteiger partial charge in [-0.1, -0.05) is 29.8 Å². The quantitative estimate of drug-likeness (QED) is 0.325. The molecule has 0 radical (unpaired) electrons. The topological polar surface area (TPSA) is 109 Å². The first-order valence-corrected chi connectivity index (χ1v) is 19.3. The monoisotopic (exact) mass is 734 g/mol. The molecule has 7 rings (SSSR count). The van der Waals surface area contributed by atoms with Crippen LogP contribution in [0, 0.1) is 11.8 Å². The maximum absolute atomic E-state index is 14.1. The van der Waals surface area contributed by atoms with Gasteiger partial charge in [0.2, 0.25) is 0 Å². The van der Waals surface area contributed by atoms with Gasteiger partial charge in [-0.2, -0.15) is 13.2 Å². The molecule has 5 atom stereocenters. The number of alkyl halides is 3.